The normalized spacial score (nSPS) is 13.4. The second kappa shape index (κ2) is 10.9. The van der Waals surface area contributed by atoms with E-state index < -0.39 is 11.6 Å². The van der Waals surface area contributed by atoms with Crippen LogP contribution >= 0.6 is 0 Å². The third-order valence-electron chi connectivity index (χ3n) is 5.41. The van der Waals surface area contributed by atoms with E-state index in [9.17, 15) is 13.6 Å². The number of carbonyl (C=O) groups excluding carboxylic acids is 1. The average Bonchev–Trinajstić information content (AvgIpc) is 2.83. The summed E-state index contributed by atoms with van der Waals surface area (Å²) in [7, 11) is 0. The first-order valence-electron chi connectivity index (χ1n) is 11.2. The largest absolute Gasteiger partial charge is 0.380 e. The number of benzene rings is 2. The number of amides is 1. The van der Waals surface area contributed by atoms with Crippen molar-refractivity contribution >= 4 is 28.8 Å². The molecule has 1 aliphatic rings. The molecule has 4 rings (SSSR count). The highest BCUT2D eigenvalue weighted by molar-refractivity contribution is 5.99. The fraction of sp³-hybridized carbons (Fsp3) is 0.280. The van der Waals surface area contributed by atoms with Crippen molar-refractivity contribution in [3.05, 3.63) is 77.5 Å². The highest BCUT2D eigenvalue weighted by Crippen LogP contribution is 2.25. The SMILES string of the molecule is CCNC(=O)c1cnc(Nc2ccc(N3CCOCC3)cc2)cc1NCc1cc(F)cc(F)c1. The molecule has 0 unspecified atom stereocenters. The lowest BCUT2D eigenvalue weighted by Crippen LogP contribution is -2.36. The minimum Gasteiger partial charge on any atom is -0.380 e. The molecule has 1 aromatic heterocycles. The predicted octanol–water partition coefficient (Wildman–Crippen LogP) is 4.30. The molecule has 7 nitrogen and oxygen atoms in total. The fourth-order valence-corrected chi connectivity index (χ4v) is 3.74. The highest BCUT2D eigenvalue weighted by Gasteiger charge is 2.14. The van der Waals surface area contributed by atoms with E-state index in [0.717, 1.165) is 43.7 Å². The van der Waals surface area contributed by atoms with Gasteiger partial charge in [-0.1, -0.05) is 0 Å². The van der Waals surface area contributed by atoms with Gasteiger partial charge in [-0.25, -0.2) is 13.8 Å². The highest BCUT2D eigenvalue weighted by atomic mass is 19.1. The molecule has 3 N–H and O–H groups in total. The molecule has 0 bridgehead atoms. The number of pyridine rings is 1. The van der Waals surface area contributed by atoms with Gasteiger partial charge in [0.2, 0.25) is 0 Å². The summed E-state index contributed by atoms with van der Waals surface area (Å²) in [6.07, 6.45) is 1.48. The number of hydrogen-bond acceptors (Lipinski definition) is 6. The number of ether oxygens (including phenoxy) is 1. The number of nitrogens with zero attached hydrogens (tertiary/aromatic N) is 2. The van der Waals surface area contributed by atoms with E-state index in [1.807, 2.05) is 31.2 Å². The lowest BCUT2D eigenvalue weighted by molar-refractivity contribution is 0.0956. The monoisotopic (exact) mass is 467 g/mol. The van der Waals surface area contributed by atoms with E-state index in [0.29, 0.717) is 29.2 Å². The molecule has 0 radical (unpaired) electrons. The number of carbonyl (C=O) groups is 1. The summed E-state index contributed by atoms with van der Waals surface area (Å²) in [4.78, 5) is 19.1. The maximum atomic E-state index is 13.6. The summed E-state index contributed by atoms with van der Waals surface area (Å²) >= 11 is 0. The fourth-order valence-electron chi connectivity index (χ4n) is 3.74. The number of rotatable bonds is 8. The van der Waals surface area contributed by atoms with E-state index in [1.165, 1.54) is 18.3 Å². The van der Waals surface area contributed by atoms with Crippen LogP contribution in [0.2, 0.25) is 0 Å². The van der Waals surface area contributed by atoms with Crippen molar-refractivity contribution in [1.82, 2.24) is 10.3 Å². The minimum atomic E-state index is -0.654. The second-order valence-corrected chi connectivity index (χ2v) is 7.88. The molecule has 1 fully saturated rings. The quantitative estimate of drug-likeness (QED) is 0.459. The van der Waals surface area contributed by atoms with E-state index >= 15 is 0 Å². The Hall–Kier alpha value is -3.72. The minimum absolute atomic E-state index is 0.138. The topological polar surface area (TPSA) is 78.5 Å². The van der Waals surface area contributed by atoms with Crippen LogP contribution in [0.15, 0.2) is 54.7 Å². The molecule has 1 aliphatic heterocycles. The molecule has 0 spiro atoms. The Bertz CT molecular complexity index is 1110. The molecule has 178 valence electrons. The molecule has 2 heterocycles. The molecule has 9 heteroatoms. The molecule has 34 heavy (non-hydrogen) atoms. The molecule has 0 aliphatic carbocycles. The van der Waals surface area contributed by atoms with E-state index in [2.05, 4.69) is 25.8 Å². The van der Waals surface area contributed by atoms with Gasteiger partial charge in [-0.05, 0) is 48.9 Å². The zero-order valence-corrected chi connectivity index (χ0v) is 18.9. The summed E-state index contributed by atoms with van der Waals surface area (Å²) in [5.74, 6) is -1.07. The van der Waals surface area contributed by atoms with Gasteiger partial charge < -0.3 is 25.6 Å². The van der Waals surface area contributed by atoms with Crippen molar-refractivity contribution in [2.24, 2.45) is 0 Å². The first kappa shape index (κ1) is 23.4. The second-order valence-electron chi connectivity index (χ2n) is 7.88. The third-order valence-corrected chi connectivity index (χ3v) is 5.41. The van der Waals surface area contributed by atoms with Crippen LogP contribution in [0.25, 0.3) is 0 Å². The van der Waals surface area contributed by atoms with Crippen LogP contribution in [0.3, 0.4) is 0 Å². The predicted molar refractivity (Wildman–Crippen MR) is 129 cm³/mol. The van der Waals surface area contributed by atoms with Crippen LogP contribution < -0.4 is 20.9 Å². The number of halogens is 2. The zero-order valence-electron chi connectivity index (χ0n) is 18.9. The van der Waals surface area contributed by atoms with Gasteiger partial charge in [-0.3, -0.25) is 4.79 Å². The summed E-state index contributed by atoms with van der Waals surface area (Å²) in [5, 5.41) is 9.10. The van der Waals surface area contributed by atoms with Crippen LogP contribution in [0.5, 0.6) is 0 Å². The summed E-state index contributed by atoms with van der Waals surface area (Å²) in [6.45, 7) is 5.59. The zero-order chi connectivity index (χ0) is 23.9. The molecule has 2 aromatic carbocycles. The number of aromatic nitrogens is 1. The molecular formula is C25H27F2N5O2. The van der Waals surface area contributed by atoms with Crippen LogP contribution in [0, 0.1) is 11.6 Å². The van der Waals surface area contributed by atoms with Gasteiger partial charge in [0.25, 0.3) is 5.91 Å². The molecule has 1 saturated heterocycles. The lowest BCUT2D eigenvalue weighted by Gasteiger charge is -2.28. The Morgan fingerprint density at radius 3 is 2.44 bits per heavy atom. The van der Waals surface area contributed by atoms with Gasteiger partial charge in [0.1, 0.15) is 17.5 Å². The standard InChI is InChI=1S/C25H27F2N5O2/c1-2-28-25(33)22-16-30-24(14-23(22)29-15-17-11-18(26)13-19(27)12-17)31-20-3-5-21(6-4-20)32-7-9-34-10-8-32/h3-6,11-14,16H,2,7-10,15H2,1H3,(H,28,33)(H2,29,30,31). The third kappa shape index (κ3) is 5.99. The van der Waals surface area contributed by atoms with Crippen molar-refractivity contribution < 1.29 is 18.3 Å². The van der Waals surface area contributed by atoms with Gasteiger partial charge in [-0.2, -0.15) is 0 Å². The van der Waals surface area contributed by atoms with E-state index in [4.69, 9.17) is 4.74 Å². The Kier molecular flexibility index (Phi) is 7.54. The number of anilines is 4. The number of nitrogens with one attached hydrogen (secondary N) is 3. The summed E-state index contributed by atoms with van der Waals surface area (Å²) in [6, 6.07) is 13.0. The van der Waals surface area contributed by atoms with E-state index in [-0.39, 0.29) is 12.5 Å². The van der Waals surface area contributed by atoms with Gasteiger partial charge in [0.05, 0.1) is 24.5 Å². The molecule has 0 atom stereocenters. The maximum Gasteiger partial charge on any atom is 0.254 e. The smallest absolute Gasteiger partial charge is 0.254 e. The van der Waals surface area contributed by atoms with Crippen LogP contribution in [0.4, 0.5) is 31.7 Å². The Morgan fingerprint density at radius 1 is 1.06 bits per heavy atom. The van der Waals surface area contributed by atoms with E-state index in [1.54, 1.807) is 6.07 Å². The van der Waals surface area contributed by atoms with Crippen molar-refractivity contribution in [1.29, 1.82) is 0 Å². The lowest BCUT2D eigenvalue weighted by atomic mass is 10.1. The van der Waals surface area contributed by atoms with Gasteiger partial charge in [0.15, 0.2) is 0 Å². The molecule has 1 amide bonds. The molecular weight excluding hydrogens is 440 g/mol. The van der Waals surface area contributed by atoms with Crippen molar-refractivity contribution in [3.63, 3.8) is 0 Å². The van der Waals surface area contributed by atoms with Crippen LogP contribution in [0.1, 0.15) is 22.8 Å². The van der Waals surface area contributed by atoms with Crippen molar-refractivity contribution in [3.8, 4) is 0 Å². The van der Waals surface area contributed by atoms with Gasteiger partial charge in [-0.15, -0.1) is 0 Å². The molecule has 0 saturated carbocycles. The first-order chi connectivity index (χ1) is 16.5. The Balaban J connectivity index is 1.51. The Morgan fingerprint density at radius 2 is 1.76 bits per heavy atom. The number of morpholine rings is 1. The number of hydrogen-bond donors (Lipinski definition) is 3. The van der Waals surface area contributed by atoms with Gasteiger partial charge >= 0.3 is 0 Å². The Labute approximate surface area is 197 Å². The molecule has 3 aromatic rings. The van der Waals surface area contributed by atoms with Crippen molar-refractivity contribution in [2.45, 2.75) is 13.5 Å². The van der Waals surface area contributed by atoms with Crippen LogP contribution in [-0.4, -0.2) is 43.7 Å². The van der Waals surface area contributed by atoms with Crippen molar-refractivity contribution in [2.75, 3.05) is 48.4 Å². The first-order valence-corrected chi connectivity index (χ1v) is 11.2. The average molecular weight is 468 g/mol. The van der Waals surface area contributed by atoms with Crippen LogP contribution in [-0.2, 0) is 11.3 Å². The van der Waals surface area contributed by atoms with Gasteiger partial charge in [0, 0.05) is 55.9 Å². The maximum absolute atomic E-state index is 13.6. The summed E-state index contributed by atoms with van der Waals surface area (Å²) < 4.78 is 32.5. The summed E-state index contributed by atoms with van der Waals surface area (Å²) in [5.41, 5.74) is 3.22.